The van der Waals surface area contributed by atoms with Gasteiger partial charge in [0.15, 0.2) is 0 Å². The lowest BCUT2D eigenvalue weighted by molar-refractivity contribution is -0.128. The van der Waals surface area contributed by atoms with E-state index in [1.165, 1.54) is 5.56 Å². The molecule has 0 fully saturated rings. The minimum Gasteiger partial charge on any atom is -0.349 e. The van der Waals surface area contributed by atoms with E-state index in [0.717, 1.165) is 32.5 Å². The highest BCUT2D eigenvalue weighted by molar-refractivity contribution is 5.75. The topological polar surface area (TPSA) is 49.6 Å². The van der Waals surface area contributed by atoms with E-state index in [1.807, 2.05) is 6.07 Å². The molecule has 20 heavy (non-hydrogen) atoms. The molecular weight excluding hydrogens is 250 g/mol. The molecule has 0 saturated carbocycles. The van der Waals surface area contributed by atoms with Gasteiger partial charge in [0.05, 0.1) is 0 Å². The summed E-state index contributed by atoms with van der Waals surface area (Å²) in [6.07, 6.45) is 2.50. The van der Waals surface area contributed by atoms with E-state index in [0.29, 0.717) is 13.0 Å². The van der Waals surface area contributed by atoms with Crippen molar-refractivity contribution in [1.29, 1.82) is 0 Å². The maximum atomic E-state index is 11.6. The number of benzene rings is 1. The molecule has 1 rings (SSSR count). The number of amides is 1. The van der Waals surface area contributed by atoms with Crippen molar-refractivity contribution in [2.24, 2.45) is 5.73 Å². The van der Waals surface area contributed by atoms with Crippen LogP contribution in [0.4, 0.5) is 0 Å². The first kappa shape index (κ1) is 16.7. The third kappa shape index (κ3) is 6.68. The van der Waals surface area contributed by atoms with Crippen LogP contribution in [0.25, 0.3) is 0 Å². The molecule has 0 bridgehead atoms. The van der Waals surface area contributed by atoms with Crippen molar-refractivity contribution in [2.45, 2.75) is 25.8 Å². The van der Waals surface area contributed by atoms with Crippen molar-refractivity contribution >= 4 is 5.91 Å². The van der Waals surface area contributed by atoms with Crippen molar-refractivity contribution in [3.63, 3.8) is 0 Å². The maximum Gasteiger partial charge on any atom is 0.222 e. The average molecular weight is 277 g/mol. The zero-order valence-electron chi connectivity index (χ0n) is 12.7. The largest absolute Gasteiger partial charge is 0.349 e. The third-order valence-corrected chi connectivity index (χ3v) is 3.29. The smallest absolute Gasteiger partial charge is 0.222 e. The summed E-state index contributed by atoms with van der Waals surface area (Å²) < 4.78 is 0. The van der Waals surface area contributed by atoms with Gasteiger partial charge in [-0.3, -0.25) is 9.69 Å². The first-order valence-corrected chi connectivity index (χ1v) is 7.30. The van der Waals surface area contributed by atoms with E-state index in [1.54, 1.807) is 19.0 Å². The van der Waals surface area contributed by atoms with Crippen LogP contribution in [-0.4, -0.2) is 49.4 Å². The minimum atomic E-state index is 0.198. The molecule has 4 heteroatoms. The molecule has 0 saturated heterocycles. The van der Waals surface area contributed by atoms with Crippen molar-refractivity contribution in [1.82, 2.24) is 9.80 Å². The Labute approximate surface area is 122 Å². The Morgan fingerprint density at radius 2 is 1.75 bits per heavy atom. The van der Waals surface area contributed by atoms with Gasteiger partial charge in [0.25, 0.3) is 0 Å². The van der Waals surface area contributed by atoms with Crippen molar-refractivity contribution in [3.8, 4) is 0 Å². The lowest BCUT2D eigenvalue weighted by Crippen LogP contribution is -2.28. The highest BCUT2D eigenvalue weighted by Gasteiger charge is 2.08. The summed E-state index contributed by atoms with van der Waals surface area (Å²) in [6, 6.07) is 10.4. The summed E-state index contributed by atoms with van der Waals surface area (Å²) >= 11 is 0. The van der Waals surface area contributed by atoms with Gasteiger partial charge in [0, 0.05) is 27.1 Å². The van der Waals surface area contributed by atoms with E-state index in [4.69, 9.17) is 5.73 Å². The molecule has 2 N–H and O–H groups in total. The first-order valence-electron chi connectivity index (χ1n) is 7.30. The number of hydrogen-bond acceptors (Lipinski definition) is 3. The fourth-order valence-electron chi connectivity index (χ4n) is 2.10. The molecule has 0 aromatic heterocycles. The van der Waals surface area contributed by atoms with Gasteiger partial charge in [-0.2, -0.15) is 0 Å². The molecule has 0 aliphatic heterocycles. The van der Waals surface area contributed by atoms with Gasteiger partial charge in [-0.15, -0.1) is 0 Å². The van der Waals surface area contributed by atoms with Crippen molar-refractivity contribution < 1.29 is 4.79 Å². The molecule has 0 atom stereocenters. The molecule has 112 valence electrons. The predicted molar refractivity (Wildman–Crippen MR) is 83.3 cm³/mol. The third-order valence-electron chi connectivity index (χ3n) is 3.29. The van der Waals surface area contributed by atoms with Crippen LogP contribution < -0.4 is 5.73 Å². The monoisotopic (exact) mass is 277 g/mol. The first-order chi connectivity index (χ1) is 9.63. The Hall–Kier alpha value is -1.39. The van der Waals surface area contributed by atoms with Crippen molar-refractivity contribution in [2.75, 3.05) is 33.7 Å². The standard InChI is InChI=1S/C16H27N3O/c1-18(2)16(20)10-6-12-19(13-7-11-17)14-15-8-4-3-5-9-15/h3-5,8-9H,6-7,10-14,17H2,1-2H3. The SMILES string of the molecule is CN(C)C(=O)CCCN(CCCN)Cc1ccccc1. The number of rotatable bonds is 9. The number of nitrogens with two attached hydrogens (primary N) is 1. The molecule has 0 heterocycles. The highest BCUT2D eigenvalue weighted by Crippen LogP contribution is 2.07. The number of carbonyl (C=O) groups is 1. The molecular formula is C16H27N3O. The van der Waals surface area contributed by atoms with Crippen LogP contribution in [0.2, 0.25) is 0 Å². The van der Waals surface area contributed by atoms with Gasteiger partial charge in [-0.25, -0.2) is 0 Å². The van der Waals surface area contributed by atoms with Gasteiger partial charge in [-0.05, 0) is 38.0 Å². The number of nitrogens with zero attached hydrogens (tertiary/aromatic N) is 2. The van der Waals surface area contributed by atoms with Gasteiger partial charge in [-0.1, -0.05) is 30.3 Å². The van der Waals surface area contributed by atoms with Crippen LogP contribution in [0.1, 0.15) is 24.8 Å². The molecule has 0 radical (unpaired) electrons. The lowest BCUT2D eigenvalue weighted by Gasteiger charge is -2.22. The van der Waals surface area contributed by atoms with E-state index >= 15 is 0 Å². The predicted octanol–water partition coefficient (Wildman–Crippen LogP) is 1.71. The summed E-state index contributed by atoms with van der Waals surface area (Å²) in [4.78, 5) is 15.6. The molecule has 4 nitrogen and oxygen atoms in total. The second kappa shape index (κ2) is 9.50. The molecule has 0 unspecified atom stereocenters. The van der Waals surface area contributed by atoms with Crippen LogP contribution in [0, 0.1) is 0 Å². The Morgan fingerprint density at radius 3 is 2.35 bits per heavy atom. The average Bonchev–Trinajstić information content (AvgIpc) is 2.45. The molecule has 1 aromatic rings. The quantitative estimate of drug-likeness (QED) is 0.747. The van der Waals surface area contributed by atoms with Crippen molar-refractivity contribution in [3.05, 3.63) is 35.9 Å². The minimum absolute atomic E-state index is 0.198. The van der Waals surface area contributed by atoms with Crippen LogP contribution in [0.3, 0.4) is 0 Å². The second-order valence-electron chi connectivity index (χ2n) is 5.30. The zero-order chi connectivity index (χ0) is 14.8. The van der Waals surface area contributed by atoms with Gasteiger partial charge < -0.3 is 10.6 Å². The normalized spacial score (nSPS) is 10.8. The lowest BCUT2D eigenvalue weighted by atomic mass is 10.2. The summed E-state index contributed by atoms with van der Waals surface area (Å²) in [5, 5.41) is 0. The van der Waals surface area contributed by atoms with Gasteiger partial charge in [0.1, 0.15) is 0 Å². The Balaban J connectivity index is 2.41. The Morgan fingerprint density at radius 1 is 1.10 bits per heavy atom. The van der Waals surface area contributed by atoms with Crippen LogP contribution in [-0.2, 0) is 11.3 Å². The molecule has 0 aliphatic carbocycles. The van der Waals surface area contributed by atoms with Gasteiger partial charge in [0.2, 0.25) is 5.91 Å². The molecule has 1 aromatic carbocycles. The maximum absolute atomic E-state index is 11.6. The number of hydrogen-bond donors (Lipinski definition) is 1. The number of carbonyl (C=O) groups excluding carboxylic acids is 1. The molecule has 0 aliphatic rings. The van der Waals surface area contributed by atoms with Crippen LogP contribution in [0.15, 0.2) is 30.3 Å². The summed E-state index contributed by atoms with van der Waals surface area (Å²) in [5.74, 6) is 0.198. The van der Waals surface area contributed by atoms with E-state index in [9.17, 15) is 4.79 Å². The van der Waals surface area contributed by atoms with E-state index in [-0.39, 0.29) is 5.91 Å². The fourth-order valence-corrected chi connectivity index (χ4v) is 2.10. The Bertz CT molecular complexity index is 379. The summed E-state index contributed by atoms with van der Waals surface area (Å²) in [5.41, 5.74) is 6.91. The fraction of sp³-hybridized carbons (Fsp3) is 0.562. The van der Waals surface area contributed by atoms with E-state index < -0.39 is 0 Å². The zero-order valence-corrected chi connectivity index (χ0v) is 12.7. The highest BCUT2D eigenvalue weighted by atomic mass is 16.2. The van der Waals surface area contributed by atoms with Gasteiger partial charge >= 0.3 is 0 Å². The van der Waals surface area contributed by atoms with E-state index in [2.05, 4.69) is 29.2 Å². The summed E-state index contributed by atoms with van der Waals surface area (Å²) in [7, 11) is 3.61. The molecule has 1 amide bonds. The van der Waals surface area contributed by atoms with Crippen LogP contribution in [0.5, 0.6) is 0 Å². The summed E-state index contributed by atoms with van der Waals surface area (Å²) in [6.45, 7) is 3.56. The van der Waals surface area contributed by atoms with Crippen LogP contribution >= 0.6 is 0 Å². The second-order valence-corrected chi connectivity index (χ2v) is 5.30. The molecule has 0 spiro atoms. The Kier molecular flexibility index (Phi) is 7.92.